The second kappa shape index (κ2) is 23.5. The van der Waals surface area contributed by atoms with Gasteiger partial charge in [0.1, 0.15) is 16.6 Å². The number of rotatable bonds is 3. The molecule has 116 heavy (non-hydrogen) atoms. The van der Waals surface area contributed by atoms with E-state index in [-0.39, 0.29) is 0 Å². The fourth-order valence-electron chi connectivity index (χ4n) is 19.5. The van der Waals surface area contributed by atoms with Gasteiger partial charge in [0.25, 0.3) is 0 Å². The van der Waals surface area contributed by atoms with Crippen molar-refractivity contribution in [3.63, 3.8) is 0 Å². The highest BCUT2D eigenvalue weighted by Crippen LogP contribution is 2.51. The van der Waals surface area contributed by atoms with Crippen LogP contribution in [0, 0.1) is 0 Å². The first kappa shape index (κ1) is 62.9. The number of hydrogen-bond donors (Lipinski definition) is 0. The predicted octanol–water partition coefficient (Wildman–Crippen LogP) is 28.8. The molecule has 0 saturated heterocycles. The number of hydrogen-bond acceptors (Lipinski definition) is 9. The Balaban J connectivity index is 0.0000000933. The molecule has 0 N–H and O–H groups in total. The zero-order valence-corrected chi connectivity index (χ0v) is 64.0. The number of fused-ring (bicyclic) bond motifs is 35. The van der Waals surface area contributed by atoms with Gasteiger partial charge in [-0.25, -0.2) is 29.9 Å². The first-order valence-electron chi connectivity index (χ1n) is 39.1. The summed E-state index contributed by atoms with van der Waals surface area (Å²) in [6.45, 7) is 0. The van der Waals surface area contributed by atoms with E-state index in [1.54, 1.807) is 0 Å². The van der Waals surface area contributed by atoms with E-state index >= 15 is 0 Å². The van der Waals surface area contributed by atoms with Crippen molar-refractivity contribution in [2.24, 2.45) is 0 Å². The van der Waals surface area contributed by atoms with Gasteiger partial charge in [0.05, 0.1) is 66.2 Å². The highest BCUT2D eigenvalue weighted by atomic mass is 32.1. The maximum Gasteiger partial charge on any atom is 0.165 e. The molecule has 0 radical (unpaired) electrons. The van der Waals surface area contributed by atoms with Crippen LogP contribution >= 0.6 is 34.0 Å². The van der Waals surface area contributed by atoms with Crippen LogP contribution in [0.2, 0.25) is 0 Å². The van der Waals surface area contributed by atoms with Crippen molar-refractivity contribution >= 4 is 264 Å². The molecular weight excluding hydrogens is 1470 g/mol. The van der Waals surface area contributed by atoms with E-state index in [9.17, 15) is 0 Å². The first-order valence-corrected chi connectivity index (χ1v) is 41.6. The van der Waals surface area contributed by atoms with Gasteiger partial charge in [0.15, 0.2) is 16.9 Å². The average Bonchev–Trinajstić information content (AvgIpc) is 1.53. The predicted molar refractivity (Wildman–Crippen MR) is 493 cm³/mol. The lowest BCUT2D eigenvalue weighted by Crippen LogP contribution is -1.88. The summed E-state index contributed by atoms with van der Waals surface area (Å²) in [5.41, 5.74) is 26.0. The number of aromatic nitrogens is 9. The minimum atomic E-state index is 0.923. The standard InChI is InChI=1S/2C36H19N3S.C32H17N3S/c1-2-9-22-20(7-1)8-5-10-23(22)21-15-16-24-31(19-21)40-30-18-17-29-32(33(24)30)25-11-6-12-26-34-36(39(29)35(25)26)38-28-14-4-3-13-27(28)37-34;1-2-7-21-18-22(13-12-20(21)6-1)23-14-15-24-31(19-23)40-30-17-16-29-32(33(24)30)25-8-5-9-26-34-36(39(29)35(25)26)38-28-11-4-3-10-27(28)37-34;1-2-7-18(8-3-1)19-13-14-20-27(17-19)36-26-16-15-25-28(29(20)26)21-9-6-10-22-30-32(35(25)31(21)22)34-24-12-5-4-11-23(24)33-30/h2*1-19H;1-17H. The van der Waals surface area contributed by atoms with Crippen LogP contribution in [0.3, 0.4) is 0 Å². The molecule has 12 heteroatoms. The van der Waals surface area contributed by atoms with Crippen LogP contribution in [0.1, 0.15) is 0 Å². The van der Waals surface area contributed by atoms with Gasteiger partial charge >= 0.3 is 0 Å². The number of nitrogens with zero attached hydrogens (tertiary/aromatic N) is 9. The van der Waals surface area contributed by atoms with Crippen LogP contribution in [0.25, 0.3) is 264 Å². The lowest BCUT2D eigenvalue weighted by molar-refractivity contribution is 1.28. The third kappa shape index (κ3) is 8.75. The van der Waals surface area contributed by atoms with E-state index in [2.05, 4.69) is 274 Å². The van der Waals surface area contributed by atoms with Crippen LogP contribution in [-0.4, -0.2) is 43.1 Å². The number of para-hydroxylation sites is 9. The molecule has 0 amide bonds. The van der Waals surface area contributed by atoms with Crippen molar-refractivity contribution in [1.82, 2.24) is 43.1 Å². The summed E-state index contributed by atoms with van der Waals surface area (Å²) < 4.78 is 14.9. The van der Waals surface area contributed by atoms with Crippen molar-refractivity contribution in [2.75, 3.05) is 0 Å². The largest absolute Gasteiger partial charge is 0.291 e. The lowest BCUT2D eigenvalue weighted by Gasteiger charge is -2.07. The summed E-state index contributed by atoms with van der Waals surface area (Å²) in [5.74, 6) is 0. The smallest absolute Gasteiger partial charge is 0.165 e. The van der Waals surface area contributed by atoms with Crippen LogP contribution < -0.4 is 0 Å². The summed E-state index contributed by atoms with van der Waals surface area (Å²) in [6.07, 6.45) is 0. The van der Waals surface area contributed by atoms with E-state index in [1.807, 2.05) is 107 Å². The summed E-state index contributed by atoms with van der Waals surface area (Å²) in [7, 11) is 0. The molecule has 12 aromatic heterocycles. The van der Waals surface area contributed by atoms with Crippen molar-refractivity contribution in [1.29, 1.82) is 0 Å². The second-order valence-corrected chi connectivity index (χ2v) is 33.9. The minimum Gasteiger partial charge on any atom is -0.291 e. The van der Waals surface area contributed by atoms with E-state index in [0.717, 1.165) is 82.8 Å². The van der Waals surface area contributed by atoms with Gasteiger partial charge in [-0.2, -0.15) is 0 Å². The number of thiophene rings is 3. The van der Waals surface area contributed by atoms with Crippen molar-refractivity contribution < 1.29 is 0 Å². The third-order valence-corrected chi connectivity index (χ3v) is 27.9. The Morgan fingerprint density at radius 3 is 0.991 bits per heavy atom. The number of benzene rings is 17. The van der Waals surface area contributed by atoms with Crippen LogP contribution in [0.15, 0.2) is 334 Å². The Morgan fingerprint density at radius 2 is 0.526 bits per heavy atom. The monoisotopic (exact) mass is 1530 g/mol. The molecule has 0 aliphatic carbocycles. The van der Waals surface area contributed by atoms with Gasteiger partial charge in [0, 0.05) is 109 Å². The van der Waals surface area contributed by atoms with Crippen molar-refractivity contribution in [3.05, 3.63) is 334 Å². The molecule has 0 spiro atoms. The van der Waals surface area contributed by atoms with E-state index < -0.39 is 0 Å². The highest BCUT2D eigenvalue weighted by molar-refractivity contribution is 7.27. The fraction of sp³-hybridized carbons (Fsp3) is 0. The summed E-state index contributed by atoms with van der Waals surface area (Å²) in [5, 5.41) is 24.2. The van der Waals surface area contributed by atoms with Gasteiger partial charge in [0.2, 0.25) is 0 Å². The molecular formula is C104H55N9S3. The molecule has 9 nitrogen and oxygen atoms in total. The van der Waals surface area contributed by atoms with Gasteiger partial charge in [-0.1, -0.05) is 237 Å². The molecule has 29 rings (SSSR count). The quantitative estimate of drug-likeness (QED) is 0.175. The van der Waals surface area contributed by atoms with Crippen LogP contribution in [0.5, 0.6) is 0 Å². The molecule has 0 unspecified atom stereocenters. The molecule has 534 valence electrons. The highest BCUT2D eigenvalue weighted by Gasteiger charge is 2.27. The molecule has 0 bridgehead atoms. The molecule has 0 aliphatic rings. The van der Waals surface area contributed by atoms with Gasteiger partial charge in [-0.15, -0.1) is 34.0 Å². The Bertz CT molecular complexity index is 9320. The lowest BCUT2D eigenvalue weighted by atomic mass is 9.97. The van der Waals surface area contributed by atoms with E-state index in [4.69, 9.17) is 29.9 Å². The van der Waals surface area contributed by atoms with E-state index in [1.165, 1.54) is 181 Å². The molecule has 0 atom stereocenters. The molecule has 12 heterocycles. The van der Waals surface area contributed by atoms with Crippen LogP contribution in [-0.2, 0) is 0 Å². The maximum absolute atomic E-state index is 5.12. The SMILES string of the molecule is c1ccc(-c2ccc3c(c2)sc2ccc4c(c5cccc6c7nc8ccccc8nc7n4c65)c23)cc1.c1ccc2c(-c3ccc4c(c3)sc3ccc5c(c6cccc7c8nc9ccccc9nc8n5c76)c34)cccc2c1.c1ccc2cc(-c3ccc4c(c3)sc3ccc5c(c6cccc7c8nc9ccccc9nc8n5c76)c34)ccc2c1. The van der Waals surface area contributed by atoms with Crippen molar-refractivity contribution in [2.45, 2.75) is 0 Å². The Hall–Kier alpha value is -14.7. The third-order valence-electron chi connectivity index (χ3n) is 24.5. The second-order valence-electron chi connectivity index (χ2n) is 30.7. The Labute approximate surface area is 669 Å². The molecule has 0 saturated carbocycles. The summed E-state index contributed by atoms with van der Waals surface area (Å²) >= 11 is 5.64. The van der Waals surface area contributed by atoms with E-state index in [0.29, 0.717) is 0 Å². The normalized spacial score (nSPS) is 12.5. The summed E-state index contributed by atoms with van der Waals surface area (Å²) in [6, 6.07) is 120. The van der Waals surface area contributed by atoms with Gasteiger partial charge < -0.3 is 0 Å². The van der Waals surface area contributed by atoms with Crippen molar-refractivity contribution in [3.8, 4) is 33.4 Å². The molecule has 17 aromatic carbocycles. The Morgan fingerprint density at radius 1 is 0.190 bits per heavy atom. The summed E-state index contributed by atoms with van der Waals surface area (Å²) in [4.78, 5) is 30.5. The first-order chi connectivity index (χ1) is 57.5. The topological polar surface area (TPSA) is 90.6 Å². The van der Waals surface area contributed by atoms with Crippen LogP contribution in [0.4, 0.5) is 0 Å². The minimum absolute atomic E-state index is 0.923. The molecule has 29 aromatic rings. The molecule has 0 fully saturated rings. The molecule has 0 aliphatic heterocycles. The van der Waals surface area contributed by atoms with Gasteiger partial charge in [-0.05, 0) is 152 Å². The zero-order valence-electron chi connectivity index (χ0n) is 61.5. The fourth-order valence-corrected chi connectivity index (χ4v) is 22.9. The van der Waals surface area contributed by atoms with Gasteiger partial charge in [-0.3, -0.25) is 13.2 Å². The maximum atomic E-state index is 5.12. The average molecular weight is 1530 g/mol. The Kier molecular flexibility index (Phi) is 12.7. The zero-order chi connectivity index (χ0) is 75.3.